The summed E-state index contributed by atoms with van der Waals surface area (Å²) in [5, 5.41) is 15.4. The van der Waals surface area contributed by atoms with Gasteiger partial charge in [-0.15, -0.1) is 0 Å². The zero-order valence-corrected chi connectivity index (χ0v) is 20.1. The van der Waals surface area contributed by atoms with Crippen LogP contribution in [0.1, 0.15) is 29.6 Å². The van der Waals surface area contributed by atoms with Crippen LogP contribution in [-0.4, -0.2) is 57.7 Å². The minimum absolute atomic E-state index is 0.0740. The van der Waals surface area contributed by atoms with E-state index in [1.165, 1.54) is 36.4 Å². The van der Waals surface area contributed by atoms with Gasteiger partial charge in [0.05, 0.1) is 16.5 Å². The molecule has 4 N–H and O–H groups in total. The van der Waals surface area contributed by atoms with Crippen molar-refractivity contribution in [2.75, 3.05) is 26.2 Å². The van der Waals surface area contributed by atoms with Crippen LogP contribution in [0.5, 0.6) is 5.75 Å². The highest BCUT2D eigenvalue weighted by atomic mass is 35.5. The second kappa shape index (κ2) is 12.2. The van der Waals surface area contributed by atoms with E-state index >= 15 is 0 Å². The standard InChI is InChI=1S/C23H28ClN3O6S/c24-19-14-17(6-7-21(19)33-13-10-16-8-11-25-12-9-16)22(28)26-15-20(23(29)30)27-34(31,32)18-4-2-1-3-5-18/h1-7,14,16,20,25,27H,8-13,15H2,(H,26,28)(H,29,30). The number of piperidine rings is 1. The van der Waals surface area contributed by atoms with Gasteiger partial charge in [-0.2, -0.15) is 4.72 Å². The average Bonchev–Trinajstić information content (AvgIpc) is 2.83. The minimum Gasteiger partial charge on any atom is -0.492 e. The molecule has 1 aliphatic rings. The van der Waals surface area contributed by atoms with Gasteiger partial charge in [0.2, 0.25) is 10.0 Å². The first kappa shape index (κ1) is 26.0. The third kappa shape index (κ3) is 7.42. The predicted molar refractivity (Wildman–Crippen MR) is 128 cm³/mol. The van der Waals surface area contributed by atoms with E-state index < -0.39 is 34.5 Å². The molecule has 0 saturated carbocycles. The van der Waals surface area contributed by atoms with Crippen LogP contribution in [0.3, 0.4) is 0 Å². The normalized spacial score (nSPS) is 15.4. The number of carbonyl (C=O) groups is 2. The highest BCUT2D eigenvalue weighted by molar-refractivity contribution is 7.89. The number of nitrogens with one attached hydrogen (secondary N) is 3. The molecule has 1 unspecified atom stereocenters. The van der Waals surface area contributed by atoms with Crippen molar-refractivity contribution in [1.82, 2.24) is 15.4 Å². The van der Waals surface area contributed by atoms with E-state index in [9.17, 15) is 23.1 Å². The van der Waals surface area contributed by atoms with Crippen LogP contribution >= 0.6 is 11.6 Å². The Morgan fingerprint density at radius 1 is 1.15 bits per heavy atom. The van der Waals surface area contributed by atoms with E-state index in [0.29, 0.717) is 18.3 Å². The third-order valence-corrected chi connectivity index (χ3v) is 7.34. The van der Waals surface area contributed by atoms with Crippen LogP contribution in [0.2, 0.25) is 5.02 Å². The molecule has 0 radical (unpaired) electrons. The van der Waals surface area contributed by atoms with Crippen molar-refractivity contribution in [3.05, 3.63) is 59.1 Å². The summed E-state index contributed by atoms with van der Waals surface area (Å²) in [6, 6.07) is 10.4. The predicted octanol–water partition coefficient (Wildman–Crippen LogP) is 2.27. The van der Waals surface area contributed by atoms with Gasteiger partial charge in [0.1, 0.15) is 11.8 Å². The fourth-order valence-electron chi connectivity index (χ4n) is 3.60. The quantitative estimate of drug-likeness (QED) is 0.365. The summed E-state index contributed by atoms with van der Waals surface area (Å²) >= 11 is 6.26. The molecule has 1 heterocycles. The number of amides is 1. The number of aliphatic carboxylic acids is 1. The summed E-state index contributed by atoms with van der Waals surface area (Å²) < 4.78 is 32.7. The van der Waals surface area contributed by atoms with Crippen LogP contribution < -0.4 is 20.1 Å². The van der Waals surface area contributed by atoms with Crippen LogP contribution in [0.25, 0.3) is 0 Å². The zero-order valence-electron chi connectivity index (χ0n) is 18.5. The third-order valence-electron chi connectivity index (χ3n) is 5.55. The number of halogens is 1. The fraction of sp³-hybridized carbons (Fsp3) is 0.391. The van der Waals surface area contributed by atoms with Gasteiger partial charge in [0.15, 0.2) is 0 Å². The summed E-state index contributed by atoms with van der Waals surface area (Å²) in [5.74, 6) is -0.929. The van der Waals surface area contributed by atoms with Crippen molar-refractivity contribution in [3.8, 4) is 5.75 Å². The molecule has 2 aromatic rings. The molecule has 0 aromatic heterocycles. The summed E-state index contributed by atoms with van der Waals surface area (Å²) in [4.78, 5) is 24.0. The summed E-state index contributed by atoms with van der Waals surface area (Å²) in [6.07, 6.45) is 3.17. The molecule has 3 rings (SSSR count). The molecule has 0 aliphatic carbocycles. The van der Waals surface area contributed by atoms with Crippen LogP contribution in [0.4, 0.5) is 0 Å². The maximum atomic E-state index is 12.5. The van der Waals surface area contributed by atoms with E-state index in [-0.39, 0.29) is 15.5 Å². The van der Waals surface area contributed by atoms with Gasteiger partial charge < -0.3 is 20.5 Å². The topological polar surface area (TPSA) is 134 Å². The van der Waals surface area contributed by atoms with Gasteiger partial charge in [0, 0.05) is 12.1 Å². The lowest BCUT2D eigenvalue weighted by atomic mass is 9.95. The highest BCUT2D eigenvalue weighted by Gasteiger charge is 2.26. The summed E-state index contributed by atoms with van der Waals surface area (Å²) in [6.45, 7) is 2.11. The molecule has 1 fully saturated rings. The Kier molecular flexibility index (Phi) is 9.28. The van der Waals surface area contributed by atoms with E-state index in [1.807, 2.05) is 0 Å². The number of sulfonamides is 1. The van der Waals surface area contributed by atoms with Crippen molar-refractivity contribution < 1.29 is 27.9 Å². The van der Waals surface area contributed by atoms with E-state index in [1.54, 1.807) is 12.1 Å². The van der Waals surface area contributed by atoms with Crippen molar-refractivity contribution in [1.29, 1.82) is 0 Å². The molecule has 1 atom stereocenters. The first-order chi connectivity index (χ1) is 16.3. The van der Waals surface area contributed by atoms with Crippen LogP contribution in [-0.2, 0) is 14.8 Å². The Balaban J connectivity index is 1.54. The molecular formula is C23H28ClN3O6S. The molecule has 0 spiro atoms. The lowest BCUT2D eigenvalue weighted by Crippen LogP contribution is -2.48. The Morgan fingerprint density at radius 3 is 2.50 bits per heavy atom. The van der Waals surface area contributed by atoms with Gasteiger partial charge in [-0.1, -0.05) is 29.8 Å². The van der Waals surface area contributed by atoms with E-state index in [2.05, 4.69) is 15.4 Å². The van der Waals surface area contributed by atoms with Crippen molar-refractivity contribution in [3.63, 3.8) is 0 Å². The molecule has 1 amide bonds. The number of carbonyl (C=O) groups excluding carboxylic acids is 1. The van der Waals surface area contributed by atoms with Gasteiger partial charge in [-0.25, -0.2) is 8.42 Å². The number of hydrogen-bond acceptors (Lipinski definition) is 6. The number of carboxylic acid groups (broad SMARTS) is 1. The molecular weight excluding hydrogens is 482 g/mol. The maximum absolute atomic E-state index is 12.5. The van der Waals surface area contributed by atoms with Gasteiger partial charge >= 0.3 is 5.97 Å². The van der Waals surface area contributed by atoms with Crippen molar-refractivity contribution >= 4 is 33.5 Å². The summed E-state index contributed by atoms with van der Waals surface area (Å²) in [7, 11) is -4.07. The Bertz CT molecular complexity index is 1090. The molecule has 34 heavy (non-hydrogen) atoms. The Labute approximate surface area is 203 Å². The van der Waals surface area contributed by atoms with E-state index in [4.69, 9.17) is 16.3 Å². The molecule has 184 valence electrons. The average molecular weight is 510 g/mol. The molecule has 2 aromatic carbocycles. The molecule has 9 nitrogen and oxygen atoms in total. The number of hydrogen-bond donors (Lipinski definition) is 4. The molecule has 1 saturated heterocycles. The second-order valence-electron chi connectivity index (χ2n) is 8.01. The fourth-order valence-corrected chi connectivity index (χ4v) is 5.04. The first-order valence-electron chi connectivity index (χ1n) is 11.0. The smallest absolute Gasteiger partial charge is 0.323 e. The lowest BCUT2D eigenvalue weighted by Gasteiger charge is -2.22. The van der Waals surface area contributed by atoms with Crippen molar-refractivity contribution in [2.45, 2.75) is 30.2 Å². The molecule has 0 bridgehead atoms. The molecule has 1 aliphatic heterocycles. The summed E-state index contributed by atoms with van der Waals surface area (Å²) in [5.41, 5.74) is 0.200. The van der Waals surface area contributed by atoms with Crippen molar-refractivity contribution in [2.24, 2.45) is 5.92 Å². The number of rotatable bonds is 11. The lowest BCUT2D eigenvalue weighted by molar-refractivity contribution is -0.138. The molecule has 11 heteroatoms. The van der Waals surface area contributed by atoms with E-state index in [0.717, 1.165) is 32.4 Å². The number of carboxylic acids is 1. The zero-order chi connectivity index (χ0) is 24.6. The largest absolute Gasteiger partial charge is 0.492 e. The van der Waals surface area contributed by atoms with Gasteiger partial charge in [0.25, 0.3) is 5.91 Å². The Morgan fingerprint density at radius 2 is 1.85 bits per heavy atom. The van der Waals surface area contributed by atoms with Gasteiger partial charge in [-0.05, 0) is 68.6 Å². The monoisotopic (exact) mass is 509 g/mol. The van der Waals surface area contributed by atoms with Crippen LogP contribution in [0.15, 0.2) is 53.4 Å². The first-order valence-corrected chi connectivity index (χ1v) is 12.8. The van der Waals surface area contributed by atoms with Crippen LogP contribution in [0, 0.1) is 5.92 Å². The number of benzene rings is 2. The number of ether oxygens (including phenoxy) is 1. The SMILES string of the molecule is O=C(NCC(NS(=O)(=O)c1ccccc1)C(=O)O)c1ccc(OCCC2CCNCC2)c(Cl)c1. The Hall–Kier alpha value is -2.66. The highest BCUT2D eigenvalue weighted by Crippen LogP contribution is 2.26. The minimum atomic E-state index is -4.07. The maximum Gasteiger partial charge on any atom is 0.323 e. The second-order valence-corrected chi connectivity index (χ2v) is 10.1. The van der Waals surface area contributed by atoms with Gasteiger partial charge in [-0.3, -0.25) is 9.59 Å².